The van der Waals surface area contributed by atoms with Crippen molar-refractivity contribution in [1.29, 1.82) is 0 Å². The minimum absolute atomic E-state index is 0.537. The third-order valence-corrected chi connectivity index (χ3v) is 3.99. The Bertz CT molecular complexity index is 574. The molecule has 1 heterocycles. The first-order chi connectivity index (χ1) is 11.9. The van der Waals surface area contributed by atoms with E-state index in [2.05, 4.69) is 0 Å². The molecule has 4 atom stereocenters. The fourth-order valence-electron chi connectivity index (χ4n) is 2.75. The monoisotopic (exact) mass is 352 g/mol. The van der Waals surface area contributed by atoms with Crippen LogP contribution in [0.1, 0.15) is 31.4 Å². The van der Waals surface area contributed by atoms with Gasteiger partial charge in [-0.05, 0) is 25.3 Å². The highest BCUT2D eigenvalue weighted by atomic mass is 16.7. The number of nitrogens with two attached hydrogens (primary N) is 1. The van der Waals surface area contributed by atoms with Gasteiger partial charge in [-0.15, -0.1) is 0 Å². The van der Waals surface area contributed by atoms with Gasteiger partial charge in [-0.25, -0.2) is 9.59 Å². The summed E-state index contributed by atoms with van der Waals surface area (Å²) in [7, 11) is 0. The lowest BCUT2D eigenvalue weighted by Crippen LogP contribution is -2.48. The topological polar surface area (TPSA) is 122 Å². The molecule has 0 bridgehead atoms. The summed E-state index contributed by atoms with van der Waals surface area (Å²) >= 11 is 0. The molecule has 0 radical (unpaired) electrons. The van der Waals surface area contributed by atoms with Gasteiger partial charge in [-0.1, -0.05) is 30.3 Å². The van der Waals surface area contributed by atoms with Gasteiger partial charge in [-0.2, -0.15) is 5.06 Å². The molecule has 138 valence electrons. The predicted octanol–water partition coefficient (Wildman–Crippen LogP) is 1.03. The van der Waals surface area contributed by atoms with Crippen molar-refractivity contribution in [2.24, 2.45) is 5.73 Å². The minimum atomic E-state index is -1.69. The van der Waals surface area contributed by atoms with Gasteiger partial charge in [0, 0.05) is 19.1 Å². The molecule has 1 fully saturated rings. The summed E-state index contributed by atoms with van der Waals surface area (Å²) in [4.78, 5) is 28.7. The first-order valence-corrected chi connectivity index (χ1v) is 8.23. The molecule has 0 aromatic heterocycles. The summed E-state index contributed by atoms with van der Waals surface area (Å²) in [6.45, 7) is 2.80. The molecule has 8 heteroatoms. The summed E-state index contributed by atoms with van der Waals surface area (Å²) in [5.74, 6) is -2.80. The van der Waals surface area contributed by atoms with Crippen molar-refractivity contribution in [3.05, 3.63) is 35.9 Å². The van der Waals surface area contributed by atoms with Crippen molar-refractivity contribution in [3.8, 4) is 0 Å². The van der Waals surface area contributed by atoms with Crippen molar-refractivity contribution in [2.45, 2.75) is 44.1 Å². The Morgan fingerprint density at radius 2 is 1.64 bits per heavy atom. The summed E-state index contributed by atoms with van der Waals surface area (Å²) in [6, 6.07) is 8.34. The van der Waals surface area contributed by atoms with Crippen LogP contribution in [-0.4, -0.2) is 58.6 Å². The molecule has 2 rings (SSSR count). The predicted molar refractivity (Wildman–Crippen MR) is 88.7 cm³/mol. The molecule has 1 saturated heterocycles. The highest BCUT2D eigenvalue weighted by molar-refractivity contribution is 5.83. The van der Waals surface area contributed by atoms with Gasteiger partial charge in [0.2, 0.25) is 6.10 Å². The van der Waals surface area contributed by atoms with Crippen LogP contribution in [0.25, 0.3) is 0 Å². The Morgan fingerprint density at radius 3 is 2.12 bits per heavy atom. The molecule has 0 amide bonds. The number of carboxylic acid groups (broad SMARTS) is 2. The van der Waals surface area contributed by atoms with Crippen LogP contribution in [0.5, 0.6) is 0 Å². The number of hydrogen-bond acceptors (Lipinski definition) is 6. The maximum atomic E-state index is 11.7. The standard InChI is InChI=1S/C17H24N2O6/c1-11(18)13(12-7-3-2-4-8-12)24-14(16(20)21)15(17(22)23)25-19-9-5-6-10-19/h2-4,7-8,11,13-15H,5-6,9-10,18H2,1H3,(H,20,21)(H,22,23)/t11?,13-,14?,15?/m0/s1. The molecule has 0 aliphatic carbocycles. The van der Waals surface area contributed by atoms with E-state index < -0.39 is 36.3 Å². The SMILES string of the molecule is CC(N)[C@H](OC(C(=O)O)C(ON1CCCC1)C(=O)O)c1ccccc1. The highest BCUT2D eigenvalue weighted by Crippen LogP contribution is 2.25. The van der Waals surface area contributed by atoms with Gasteiger partial charge in [0.25, 0.3) is 0 Å². The zero-order valence-corrected chi connectivity index (χ0v) is 14.1. The maximum absolute atomic E-state index is 11.7. The summed E-state index contributed by atoms with van der Waals surface area (Å²) in [5, 5.41) is 20.4. The largest absolute Gasteiger partial charge is 0.479 e. The van der Waals surface area contributed by atoms with Crippen LogP contribution in [-0.2, 0) is 19.2 Å². The highest BCUT2D eigenvalue weighted by Gasteiger charge is 2.40. The van der Waals surface area contributed by atoms with Gasteiger partial charge in [0.05, 0.1) is 6.10 Å². The average molecular weight is 352 g/mol. The fourth-order valence-corrected chi connectivity index (χ4v) is 2.75. The normalized spacial score (nSPS) is 19.9. The van der Waals surface area contributed by atoms with E-state index in [-0.39, 0.29) is 0 Å². The molecular formula is C17H24N2O6. The van der Waals surface area contributed by atoms with E-state index in [1.807, 2.05) is 6.07 Å². The lowest BCUT2D eigenvalue weighted by molar-refractivity contribution is -0.235. The Balaban J connectivity index is 2.21. The van der Waals surface area contributed by atoms with Crippen LogP contribution in [0, 0.1) is 0 Å². The molecule has 0 spiro atoms. The van der Waals surface area contributed by atoms with Crippen LogP contribution in [0.4, 0.5) is 0 Å². The lowest BCUT2D eigenvalue weighted by atomic mass is 10.0. The van der Waals surface area contributed by atoms with Gasteiger partial charge in [-0.3, -0.25) is 4.84 Å². The zero-order chi connectivity index (χ0) is 18.4. The fraction of sp³-hybridized carbons (Fsp3) is 0.529. The molecular weight excluding hydrogens is 328 g/mol. The van der Waals surface area contributed by atoms with E-state index in [4.69, 9.17) is 15.3 Å². The number of hydrogen-bond donors (Lipinski definition) is 3. The van der Waals surface area contributed by atoms with Crippen molar-refractivity contribution in [1.82, 2.24) is 5.06 Å². The molecule has 1 aromatic rings. The first kappa shape index (κ1) is 19.3. The Morgan fingerprint density at radius 1 is 1.08 bits per heavy atom. The molecule has 4 N–H and O–H groups in total. The quantitative estimate of drug-likeness (QED) is 0.602. The van der Waals surface area contributed by atoms with E-state index in [1.54, 1.807) is 31.2 Å². The molecule has 0 saturated carbocycles. The van der Waals surface area contributed by atoms with E-state index >= 15 is 0 Å². The number of aliphatic carboxylic acids is 2. The Labute approximate surface area is 146 Å². The maximum Gasteiger partial charge on any atom is 0.338 e. The van der Waals surface area contributed by atoms with Crippen LogP contribution < -0.4 is 5.73 Å². The van der Waals surface area contributed by atoms with Crippen molar-refractivity contribution < 1.29 is 29.4 Å². The Kier molecular flexibility index (Phi) is 6.89. The second-order valence-electron chi connectivity index (χ2n) is 6.09. The second kappa shape index (κ2) is 8.91. The number of benzene rings is 1. The lowest BCUT2D eigenvalue weighted by Gasteiger charge is -2.30. The number of rotatable bonds is 9. The summed E-state index contributed by atoms with van der Waals surface area (Å²) < 4.78 is 5.64. The van der Waals surface area contributed by atoms with Crippen LogP contribution in [0.2, 0.25) is 0 Å². The number of ether oxygens (including phenoxy) is 1. The van der Waals surface area contributed by atoms with Crippen molar-refractivity contribution in [3.63, 3.8) is 0 Å². The van der Waals surface area contributed by atoms with Crippen LogP contribution in [0.3, 0.4) is 0 Å². The number of carboxylic acids is 2. The molecule has 3 unspecified atom stereocenters. The third-order valence-electron chi connectivity index (χ3n) is 3.99. The van der Waals surface area contributed by atoms with Gasteiger partial charge in [0.1, 0.15) is 0 Å². The van der Waals surface area contributed by atoms with Crippen LogP contribution >= 0.6 is 0 Å². The minimum Gasteiger partial charge on any atom is -0.479 e. The molecule has 1 aliphatic rings. The summed E-state index contributed by atoms with van der Waals surface area (Å²) in [6.07, 6.45) is -2.37. The molecule has 1 aromatic carbocycles. The number of nitrogens with zero attached hydrogens (tertiary/aromatic N) is 1. The zero-order valence-electron chi connectivity index (χ0n) is 14.1. The van der Waals surface area contributed by atoms with E-state index in [0.717, 1.165) is 12.8 Å². The summed E-state index contributed by atoms with van der Waals surface area (Å²) in [5.41, 5.74) is 6.62. The number of carbonyl (C=O) groups is 2. The van der Waals surface area contributed by atoms with E-state index in [9.17, 15) is 19.8 Å². The molecule has 8 nitrogen and oxygen atoms in total. The van der Waals surface area contributed by atoms with Crippen molar-refractivity contribution in [2.75, 3.05) is 13.1 Å². The second-order valence-corrected chi connectivity index (χ2v) is 6.09. The molecule has 25 heavy (non-hydrogen) atoms. The van der Waals surface area contributed by atoms with Gasteiger partial charge in [0.15, 0.2) is 6.10 Å². The van der Waals surface area contributed by atoms with Gasteiger partial charge >= 0.3 is 11.9 Å². The first-order valence-electron chi connectivity index (χ1n) is 8.23. The van der Waals surface area contributed by atoms with E-state index in [1.165, 1.54) is 5.06 Å². The molecule has 1 aliphatic heterocycles. The average Bonchev–Trinajstić information content (AvgIpc) is 3.07. The van der Waals surface area contributed by atoms with Crippen LogP contribution in [0.15, 0.2) is 30.3 Å². The van der Waals surface area contributed by atoms with Gasteiger partial charge < -0.3 is 20.7 Å². The van der Waals surface area contributed by atoms with Crippen molar-refractivity contribution >= 4 is 11.9 Å². The van der Waals surface area contributed by atoms with E-state index in [0.29, 0.717) is 18.7 Å². The smallest absolute Gasteiger partial charge is 0.338 e. The number of hydroxylamine groups is 2. The Hall–Kier alpha value is -2.00. The third kappa shape index (κ3) is 5.23.